The van der Waals surface area contributed by atoms with Gasteiger partial charge in [0.15, 0.2) is 0 Å². The summed E-state index contributed by atoms with van der Waals surface area (Å²) < 4.78 is 43.8. The van der Waals surface area contributed by atoms with E-state index >= 15 is 0 Å². The number of para-hydroxylation sites is 1. The molecule has 0 bridgehead atoms. The molecule has 2 aromatic carbocycles. The molecular formula is C24H28FN5O3S. The fourth-order valence-corrected chi connectivity index (χ4v) is 5.55. The predicted molar refractivity (Wildman–Crippen MR) is 129 cm³/mol. The molecule has 0 atom stereocenters. The Morgan fingerprint density at radius 2 is 1.76 bits per heavy atom. The van der Waals surface area contributed by atoms with Crippen LogP contribution in [0.25, 0.3) is 0 Å². The van der Waals surface area contributed by atoms with Crippen molar-refractivity contribution in [1.29, 1.82) is 0 Å². The molecule has 1 amide bonds. The number of halogens is 1. The molecule has 1 saturated heterocycles. The number of aryl methyl sites for hydroxylation is 2. The molecule has 0 unspecified atom stereocenters. The van der Waals surface area contributed by atoms with Gasteiger partial charge in [0.1, 0.15) is 5.82 Å². The van der Waals surface area contributed by atoms with Crippen LogP contribution in [0, 0.1) is 19.7 Å². The van der Waals surface area contributed by atoms with Gasteiger partial charge < -0.3 is 10.2 Å². The topological polar surface area (TPSA) is 87.5 Å². The Hall–Kier alpha value is -3.24. The van der Waals surface area contributed by atoms with Crippen molar-refractivity contribution < 1.29 is 17.6 Å². The van der Waals surface area contributed by atoms with Crippen molar-refractivity contribution in [3.63, 3.8) is 0 Å². The third-order valence-electron chi connectivity index (χ3n) is 6.16. The number of nitrogens with one attached hydrogen (secondary N) is 1. The highest BCUT2D eigenvalue weighted by Gasteiger charge is 2.35. The Morgan fingerprint density at radius 1 is 1.06 bits per heavy atom. The Labute approximate surface area is 199 Å². The van der Waals surface area contributed by atoms with Crippen LogP contribution in [0.15, 0.2) is 53.7 Å². The summed E-state index contributed by atoms with van der Waals surface area (Å²) in [5.41, 5.74) is 3.32. The fourth-order valence-electron chi connectivity index (χ4n) is 4.03. The first-order valence-corrected chi connectivity index (χ1v) is 12.6. The second kappa shape index (κ2) is 9.55. The SMILES string of the molecule is CCn1cc(C(=O)Nc2ccccc2F)c(S(=O)(=O)N2CCN(c3cccc(C)c3C)CC2)n1. The van der Waals surface area contributed by atoms with E-state index in [1.165, 1.54) is 44.5 Å². The van der Waals surface area contributed by atoms with E-state index in [9.17, 15) is 17.6 Å². The zero-order chi connectivity index (χ0) is 24.5. The Bertz CT molecular complexity index is 1310. The minimum Gasteiger partial charge on any atom is -0.369 e. The summed E-state index contributed by atoms with van der Waals surface area (Å²) in [5, 5.41) is 6.33. The van der Waals surface area contributed by atoms with Gasteiger partial charge in [-0.1, -0.05) is 24.3 Å². The van der Waals surface area contributed by atoms with E-state index in [-0.39, 0.29) is 29.4 Å². The first-order valence-electron chi connectivity index (χ1n) is 11.2. The molecule has 4 rings (SSSR count). The lowest BCUT2D eigenvalue weighted by molar-refractivity contribution is 0.102. The molecule has 3 aromatic rings. The van der Waals surface area contributed by atoms with Crippen LogP contribution in [-0.2, 0) is 16.6 Å². The van der Waals surface area contributed by atoms with Crippen molar-refractivity contribution >= 4 is 27.3 Å². The minimum atomic E-state index is -4.03. The summed E-state index contributed by atoms with van der Waals surface area (Å²) in [4.78, 5) is 15.1. The van der Waals surface area contributed by atoms with Gasteiger partial charge >= 0.3 is 0 Å². The zero-order valence-electron chi connectivity index (χ0n) is 19.5. The van der Waals surface area contributed by atoms with Crippen LogP contribution in [0.5, 0.6) is 0 Å². The molecule has 1 aromatic heterocycles. The quantitative estimate of drug-likeness (QED) is 0.578. The number of piperazine rings is 1. The lowest BCUT2D eigenvalue weighted by Crippen LogP contribution is -2.49. The van der Waals surface area contributed by atoms with Gasteiger partial charge in [0, 0.05) is 44.6 Å². The highest BCUT2D eigenvalue weighted by Crippen LogP contribution is 2.27. The van der Waals surface area contributed by atoms with Crippen molar-refractivity contribution in [2.75, 3.05) is 36.4 Å². The van der Waals surface area contributed by atoms with Crippen LogP contribution in [0.3, 0.4) is 0 Å². The highest BCUT2D eigenvalue weighted by atomic mass is 32.2. The van der Waals surface area contributed by atoms with Crippen molar-refractivity contribution in [3.05, 3.63) is 71.2 Å². The molecule has 180 valence electrons. The average Bonchev–Trinajstić information content (AvgIpc) is 3.28. The van der Waals surface area contributed by atoms with E-state index in [4.69, 9.17) is 0 Å². The number of carbonyl (C=O) groups excluding carboxylic acids is 1. The largest absolute Gasteiger partial charge is 0.369 e. The molecule has 34 heavy (non-hydrogen) atoms. The lowest BCUT2D eigenvalue weighted by atomic mass is 10.1. The average molecular weight is 486 g/mol. The van der Waals surface area contributed by atoms with Crippen molar-refractivity contribution in [2.45, 2.75) is 32.3 Å². The molecule has 0 aliphatic carbocycles. The van der Waals surface area contributed by atoms with Gasteiger partial charge in [-0.2, -0.15) is 9.40 Å². The second-order valence-corrected chi connectivity index (χ2v) is 10.1. The molecule has 2 heterocycles. The number of sulfonamides is 1. The molecule has 0 saturated carbocycles. The summed E-state index contributed by atoms with van der Waals surface area (Å²) >= 11 is 0. The van der Waals surface area contributed by atoms with Gasteiger partial charge in [0.2, 0.25) is 5.03 Å². The molecule has 0 radical (unpaired) electrons. The van der Waals surface area contributed by atoms with Crippen LogP contribution >= 0.6 is 0 Å². The van der Waals surface area contributed by atoms with Crippen LogP contribution < -0.4 is 10.2 Å². The molecule has 1 N–H and O–H groups in total. The van der Waals surface area contributed by atoms with Gasteiger partial charge in [-0.3, -0.25) is 9.48 Å². The lowest BCUT2D eigenvalue weighted by Gasteiger charge is -2.36. The Kier molecular flexibility index (Phi) is 6.72. The highest BCUT2D eigenvalue weighted by molar-refractivity contribution is 7.89. The van der Waals surface area contributed by atoms with Crippen LogP contribution in [0.4, 0.5) is 15.8 Å². The number of rotatable bonds is 6. The van der Waals surface area contributed by atoms with Crippen LogP contribution in [-0.4, -0.2) is 54.6 Å². The van der Waals surface area contributed by atoms with E-state index in [2.05, 4.69) is 35.2 Å². The summed E-state index contributed by atoms with van der Waals surface area (Å²) in [6, 6.07) is 11.8. The number of anilines is 2. The minimum absolute atomic E-state index is 0.0257. The van der Waals surface area contributed by atoms with Gasteiger partial charge in [-0.25, -0.2) is 12.8 Å². The Morgan fingerprint density at radius 3 is 2.44 bits per heavy atom. The number of benzene rings is 2. The van der Waals surface area contributed by atoms with Gasteiger partial charge in [0.25, 0.3) is 15.9 Å². The predicted octanol–water partition coefficient (Wildman–Crippen LogP) is 3.42. The smallest absolute Gasteiger partial charge is 0.263 e. The number of carbonyl (C=O) groups is 1. The molecule has 1 aliphatic rings. The standard InChI is InChI=1S/C24H28FN5O3S/c1-4-29-16-19(23(31)26-21-10-6-5-9-20(21)25)24(27-29)34(32,33)30-14-12-28(13-15-30)22-11-7-8-17(2)18(22)3/h5-11,16H,4,12-15H2,1-3H3,(H,26,31). The van der Waals surface area contributed by atoms with Crippen molar-refractivity contribution in [3.8, 4) is 0 Å². The summed E-state index contributed by atoms with van der Waals surface area (Å²) in [7, 11) is -4.03. The molecule has 8 nitrogen and oxygen atoms in total. The van der Waals surface area contributed by atoms with Crippen molar-refractivity contribution in [2.24, 2.45) is 0 Å². The van der Waals surface area contributed by atoms with Crippen LogP contribution in [0.1, 0.15) is 28.4 Å². The van der Waals surface area contributed by atoms with Gasteiger partial charge in [-0.05, 0) is 50.1 Å². The van der Waals surface area contributed by atoms with Crippen molar-refractivity contribution in [1.82, 2.24) is 14.1 Å². The first kappa shape index (κ1) is 23.9. The van der Waals surface area contributed by atoms with E-state index in [1.54, 1.807) is 13.0 Å². The summed E-state index contributed by atoms with van der Waals surface area (Å²) in [5.74, 6) is -1.33. The maximum absolute atomic E-state index is 14.0. The number of aromatic nitrogens is 2. The first-order chi connectivity index (χ1) is 16.2. The van der Waals surface area contributed by atoms with E-state index in [1.807, 2.05) is 12.1 Å². The molecular weight excluding hydrogens is 457 g/mol. The van der Waals surface area contributed by atoms with Crippen LogP contribution in [0.2, 0.25) is 0 Å². The molecule has 1 aliphatic heterocycles. The van der Waals surface area contributed by atoms with E-state index < -0.39 is 21.7 Å². The fraction of sp³-hybridized carbons (Fsp3) is 0.333. The van der Waals surface area contributed by atoms with E-state index in [0.717, 1.165) is 5.69 Å². The normalized spacial score (nSPS) is 14.9. The Balaban J connectivity index is 1.57. The monoisotopic (exact) mass is 485 g/mol. The second-order valence-electron chi connectivity index (χ2n) is 8.25. The zero-order valence-corrected chi connectivity index (χ0v) is 20.3. The third-order valence-corrected chi connectivity index (χ3v) is 7.99. The maximum atomic E-state index is 14.0. The maximum Gasteiger partial charge on any atom is 0.263 e. The van der Waals surface area contributed by atoms with Gasteiger partial charge in [-0.15, -0.1) is 0 Å². The molecule has 10 heteroatoms. The van der Waals surface area contributed by atoms with Gasteiger partial charge in [0.05, 0.1) is 11.3 Å². The third kappa shape index (κ3) is 4.55. The summed E-state index contributed by atoms with van der Waals surface area (Å²) in [6.07, 6.45) is 1.38. The summed E-state index contributed by atoms with van der Waals surface area (Å²) in [6.45, 7) is 7.87. The van der Waals surface area contributed by atoms with E-state index in [0.29, 0.717) is 19.6 Å². The number of nitrogens with zero attached hydrogens (tertiary/aromatic N) is 4. The molecule has 0 spiro atoms. The number of hydrogen-bond donors (Lipinski definition) is 1. The number of amides is 1. The number of hydrogen-bond acceptors (Lipinski definition) is 5. The molecule has 1 fully saturated rings.